The van der Waals surface area contributed by atoms with Crippen molar-refractivity contribution in [2.75, 3.05) is 18.5 Å². The molecule has 0 heterocycles. The lowest BCUT2D eigenvalue weighted by Crippen LogP contribution is -1.90. The van der Waals surface area contributed by atoms with Crippen LogP contribution >= 0.6 is 7.92 Å². The van der Waals surface area contributed by atoms with Gasteiger partial charge in [-0.1, -0.05) is 143 Å². The molecule has 0 spiro atoms. The van der Waals surface area contributed by atoms with E-state index in [9.17, 15) is 0 Å². The highest BCUT2D eigenvalue weighted by atomic mass is 31.1. The molecular formula is C26H55P. The summed E-state index contributed by atoms with van der Waals surface area (Å²) in [4.78, 5) is 0. The quantitative estimate of drug-likeness (QED) is 0.119. The zero-order chi connectivity index (χ0) is 19.8. The van der Waals surface area contributed by atoms with Crippen LogP contribution in [0.3, 0.4) is 0 Å². The van der Waals surface area contributed by atoms with Gasteiger partial charge in [-0.15, -0.1) is 7.92 Å². The Morgan fingerprint density at radius 1 is 0.333 bits per heavy atom. The van der Waals surface area contributed by atoms with Gasteiger partial charge in [-0.05, 0) is 24.9 Å². The van der Waals surface area contributed by atoms with E-state index < -0.39 is 0 Å². The van der Waals surface area contributed by atoms with Gasteiger partial charge in [-0.25, -0.2) is 0 Å². The lowest BCUT2D eigenvalue weighted by molar-refractivity contribution is 0.523. The molecule has 1 heteroatoms. The number of rotatable bonds is 23. The Labute approximate surface area is 175 Å². The van der Waals surface area contributed by atoms with Gasteiger partial charge in [0, 0.05) is 0 Å². The minimum atomic E-state index is 0.398. The van der Waals surface area contributed by atoms with Crippen molar-refractivity contribution >= 4 is 7.92 Å². The van der Waals surface area contributed by atoms with Crippen molar-refractivity contribution in [2.45, 2.75) is 149 Å². The molecule has 0 rings (SSSR count). The molecule has 0 aliphatic rings. The van der Waals surface area contributed by atoms with Crippen molar-refractivity contribution in [3.05, 3.63) is 0 Å². The summed E-state index contributed by atoms with van der Waals surface area (Å²) in [6.07, 6.45) is 34.1. The van der Waals surface area contributed by atoms with E-state index in [1.54, 1.807) is 6.16 Å². The van der Waals surface area contributed by atoms with Crippen LogP contribution in [-0.4, -0.2) is 18.5 Å². The largest absolute Gasteiger partial charge is 0.107 e. The van der Waals surface area contributed by atoms with Crippen molar-refractivity contribution in [1.29, 1.82) is 0 Å². The third-order valence-electron chi connectivity index (χ3n) is 6.22. The molecule has 0 unspecified atom stereocenters. The second kappa shape index (κ2) is 24.5. The number of hydrogen-bond donors (Lipinski definition) is 0. The van der Waals surface area contributed by atoms with Crippen LogP contribution in [0.5, 0.6) is 0 Å². The molecule has 0 aromatic heterocycles. The van der Waals surface area contributed by atoms with E-state index in [1.807, 2.05) is 0 Å². The zero-order valence-corrected chi connectivity index (χ0v) is 20.6. The predicted octanol–water partition coefficient (Wildman–Crippen LogP) is 10.3. The Bertz CT molecular complexity index is 247. The first kappa shape index (κ1) is 27.4. The number of unbranched alkanes of at least 4 members (excludes halogenated alkanes) is 19. The Balaban J connectivity index is 3.03. The average molecular weight is 399 g/mol. The highest BCUT2D eigenvalue weighted by Crippen LogP contribution is 2.35. The van der Waals surface area contributed by atoms with Crippen molar-refractivity contribution in [1.82, 2.24) is 0 Å². The van der Waals surface area contributed by atoms with Crippen molar-refractivity contribution in [3.63, 3.8) is 0 Å². The lowest BCUT2D eigenvalue weighted by Gasteiger charge is -2.12. The van der Waals surface area contributed by atoms with E-state index in [4.69, 9.17) is 0 Å². The van der Waals surface area contributed by atoms with Gasteiger partial charge in [-0.3, -0.25) is 0 Å². The fourth-order valence-electron chi connectivity index (χ4n) is 4.13. The van der Waals surface area contributed by atoms with Crippen molar-refractivity contribution in [2.24, 2.45) is 0 Å². The van der Waals surface area contributed by atoms with Gasteiger partial charge < -0.3 is 0 Å². The molecule has 0 aromatic carbocycles. The average Bonchev–Trinajstić information content (AvgIpc) is 2.69. The molecular weight excluding hydrogens is 343 g/mol. The first-order valence-electron chi connectivity index (χ1n) is 13.1. The summed E-state index contributed by atoms with van der Waals surface area (Å²) in [7, 11) is 0.398. The predicted molar refractivity (Wildman–Crippen MR) is 131 cm³/mol. The van der Waals surface area contributed by atoms with E-state index in [1.165, 1.54) is 141 Å². The summed E-state index contributed by atoms with van der Waals surface area (Å²) >= 11 is 0. The summed E-state index contributed by atoms with van der Waals surface area (Å²) < 4.78 is 0. The number of hydrogen-bond acceptors (Lipinski definition) is 0. The molecule has 0 atom stereocenters. The first-order chi connectivity index (χ1) is 13.3. The van der Waals surface area contributed by atoms with Crippen molar-refractivity contribution < 1.29 is 0 Å². The van der Waals surface area contributed by atoms with Crippen molar-refractivity contribution in [3.8, 4) is 0 Å². The summed E-state index contributed by atoms with van der Waals surface area (Å²) in [5.41, 5.74) is 0. The smallest absolute Gasteiger partial charge is 0.0326 e. The first-order valence-corrected chi connectivity index (χ1v) is 15.0. The van der Waals surface area contributed by atoms with Crippen LogP contribution in [0, 0.1) is 0 Å². The van der Waals surface area contributed by atoms with Gasteiger partial charge in [-0.2, -0.15) is 0 Å². The third kappa shape index (κ3) is 22.6. The van der Waals surface area contributed by atoms with Gasteiger partial charge in [0.05, 0.1) is 0 Å². The standard InChI is InChI=1S/C26H55P/c1-4-7-8-9-10-11-12-13-14-15-16-17-18-19-20-21-22-23-24-25-26-27(5-2)6-3/h4-26H2,1-3H3. The Morgan fingerprint density at radius 2 is 0.593 bits per heavy atom. The molecule has 0 saturated carbocycles. The van der Waals surface area contributed by atoms with Gasteiger partial charge in [0.25, 0.3) is 0 Å². The maximum Gasteiger partial charge on any atom is -0.0326 e. The topological polar surface area (TPSA) is 0 Å². The lowest BCUT2D eigenvalue weighted by atomic mass is 10.0. The van der Waals surface area contributed by atoms with Gasteiger partial charge >= 0.3 is 0 Å². The van der Waals surface area contributed by atoms with Gasteiger partial charge in [0.1, 0.15) is 0 Å². The van der Waals surface area contributed by atoms with Crippen LogP contribution in [-0.2, 0) is 0 Å². The fourth-order valence-corrected chi connectivity index (χ4v) is 5.88. The minimum Gasteiger partial charge on any atom is -0.107 e. The minimum absolute atomic E-state index is 0.398. The molecule has 0 N–H and O–H groups in total. The zero-order valence-electron chi connectivity index (χ0n) is 19.7. The highest BCUT2D eigenvalue weighted by Gasteiger charge is 2.01. The molecule has 0 nitrogen and oxygen atoms in total. The maximum absolute atomic E-state index is 2.38. The van der Waals surface area contributed by atoms with E-state index in [0.717, 1.165) is 0 Å². The third-order valence-corrected chi connectivity index (χ3v) is 8.96. The van der Waals surface area contributed by atoms with E-state index in [-0.39, 0.29) is 0 Å². The Morgan fingerprint density at radius 3 is 0.852 bits per heavy atom. The molecule has 0 aromatic rings. The molecule has 0 saturated heterocycles. The van der Waals surface area contributed by atoms with Crippen LogP contribution in [0.15, 0.2) is 0 Å². The Kier molecular flexibility index (Phi) is 24.9. The summed E-state index contributed by atoms with van der Waals surface area (Å²) in [5, 5.41) is 0. The molecule has 0 fully saturated rings. The maximum atomic E-state index is 2.38. The molecule has 27 heavy (non-hydrogen) atoms. The van der Waals surface area contributed by atoms with Crippen LogP contribution in [0.2, 0.25) is 0 Å². The second-order valence-corrected chi connectivity index (χ2v) is 11.8. The highest BCUT2D eigenvalue weighted by molar-refractivity contribution is 7.57. The molecule has 0 aliphatic heterocycles. The normalized spacial score (nSPS) is 11.6. The molecule has 0 radical (unpaired) electrons. The summed E-state index contributed by atoms with van der Waals surface area (Å²) in [6, 6.07) is 0. The van der Waals surface area contributed by atoms with E-state index in [0.29, 0.717) is 7.92 Å². The van der Waals surface area contributed by atoms with Crippen LogP contribution in [0.4, 0.5) is 0 Å². The van der Waals surface area contributed by atoms with E-state index >= 15 is 0 Å². The molecule has 0 amide bonds. The van der Waals surface area contributed by atoms with Crippen LogP contribution < -0.4 is 0 Å². The van der Waals surface area contributed by atoms with Crippen LogP contribution in [0.1, 0.15) is 149 Å². The monoisotopic (exact) mass is 398 g/mol. The second-order valence-electron chi connectivity index (χ2n) is 8.74. The molecule has 164 valence electrons. The van der Waals surface area contributed by atoms with Crippen LogP contribution in [0.25, 0.3) is 0 Å². The van der Waals surface area contributed by atoms with Gasteiger partial charge in [0.2, 0.25) is 0 Å². The molecule has 0 bridgehead atoms. The van der Waals surface area contributed by atoms with Gasteiger partial charge in [0.15, 0.2) is 0 Å². The summed E-state index contributed by atoms with van der Waals surface area (Å²) in [6.45, 7) is 7.07. The Hall–Kier alpha value is 0.430. The SMILES string of the molecule is CCCCCCCCCCCCCCCCCCCCCCP(CC)CC. The fraction of sp³-hybridized carbons (Fsp3) is 1.00. The van der Waals surface area contributed by atoms with E-state index in [2.05, 4.69) is 20.8 Å². The summed E-state index contributed by atoms with van der Waals surface area (Å²) in [5.74, 6) is 0. The molecule has 0 aliphatic carbocycles.